The molecule has 3 nitrogen and oxygen atoms in total. The van der Waals surface area contributed by atoms with Gasteiger partial charge in [0.15, 0.2) is 0 Å². The van der Waals surface area contributed by atoms with E-state index < -0.39 is 0 Å². The van der Waals surface area contributed by atoms with Crippen LogP contribution in [0, 0.1) is 12.3 Å². The molecule has 2 aromatic rings. The number of aromatic nitrogens is 1. The highest BCUT2D eigenvalue weighted by atomic mass is 32.1. The maximum absolute atomic E-state index is 5.86. The first kappa shape index (κ1) is 12.9. The van der Waals surface area contributed by atoms with Crippen molar-refractivity contribution in [1.82, 2.24) is 10.3 Å². The fourth-order valence-corrected chi connectivity index (χ4v) is 3.48. The highest BCUT2D eigenvalue weighted by molar-refractivity contribution is 7.07. The molecule has 0 spiro atoms. The van der Waals surface area contributed by atoms with E-state index in [1.165, 1.54) is 5.56 Å². The summed E-state index contributed by atoms with van der Waals surface area (Å²) in [7, 11) is 0. The van der Waals surface area contributed by atoms with Crippen LogP contribution in [-0.2, 0) is 13.0 Å². The predicted molar refractivity (Wildman–Crippen MR) is 77.2 cm³/mol. The van der Waals surface area contributed by atoms with E-state index in [2.05, 4.69) is 35.6 Å². The van der Waals surface area contributed by atoms with Crippen LogP contribution in [0.2, 0.25) is 0 Å². The fraction of sp³-hybridized carbons (Fsp3) is 0.533. The smallest absolute Gasteiger partial charge is 0.109 e. The second-order valence-corrected chi connectivity index (χ2v) is 6.91. The van der Waals surface area contributed by atoms with Crippen molar-refractivity contribution >= 4 is 11.3 Å². The number of hydrogen-bond donors (Lipinski definition) is 1. The molecule has 0 amide bonds. The predicted octanol–water partition coefficient (Wildman–Crippen LogP) is 3.85. The molecule has 2 aromatic heterocycles. The topological polar surface area (TPSA) is 38.1 Å². The van der Waals surface area contributed by atoms with Gasteiger partial charge >= 0.3 is 0 Å². The Balaban J connectivity index is 1.80. The van der Waals surface area contributed by atoms with Gasteiger partial charge in [0.2, 0.25) is 0 Å². The maximum atomic E-state index is 5.86. The number of nitrogens with zero attached hydrogens (tertiary/aromatic N) is 1. The summed E-state index contributed by atoms with van der Waals surface area (Å²) in [5.41, 5.74) is 4.63. The zero-order valence-corrected chi connectivity index (χ0v) is 12.5. The lowest BCUT2D eigenvalue weighted by Crippen LogP contribution is -2.32. The maximum Gasteiger partial charge on any atom is 0.109 e. The summed E-state index contributed by atoms with van der Waals surface area (Å²) >= 11 is 1.65. The van der Waals surface area contributed by atoms with E-state index in [0.29, 0.717) is 6.04 Å². The molecule has 19 heavy (non-hydrogen) atoms. The fourth-order valence-electron chi connectivity index (χ4n) is 2.92. The molecule has 0 aromatic carbocycles. The molecule has 0 saturated carbocycles. The average molecular weight is 276 g/mol. The first-order valence-electron chi connectivity index (χ1n) is 6.73. The van der Waals surface area contributed by atoms with Crippen molar-refractivity contribution in [2.24, 2.45) is 5.41 Å². The number of furan rings is 1. The quantitative estimate of drug-likeness (QED) is 0.925. The lowest BCUT2D eigenvalue weighted by Gasteiger charge is -2.34. The van der Waals surface area contributed by atoms with Crippen molar-refractivity contribution in [3.8, 4) is 0 Å². The monoisotopic (exact) mass is 276 g/mol. The largest absolute Gasteiger partial charge is 0.466 e. The van der Waals surface area contributed by atoms with Crippen molar-refractivity contribution in [3.63, 3.8) is 0 Å². The minimum atomic E-state index is 0.289. The molecule has 0 bridgehead atoms. The second-order valence-electron chi connectivity index (χ2n) is 6.19. The first-order valence-corrected chi connectivity index (χ1v) is 7.67. The van der Waals surface area contributed by atoms with E-state index >= 15 is 0 Å². The minimum absolute atomic E-state index is 0.289. The molecule has 0 saturated heterocycles. The van der Waals surface area contributed by atoms with Gasteiger partial charge in [-0.05, 0) is 24.8 Å². The number of fused-ring (bicyclic) bond motifs is 1. The third kappa shape index (κ3) is 2.74. The van der Waals surface area contributed by atoms with E-state index in [-0.39, 0.29) is 5.41 Å². The summed E-state index contributed by atoms with van der Waals surface area (Å²) < 4.78 is 5.86. The standard InChI is InChI=1S/C15H20N2OS/c1-10-4-12-13(16-7-11-8-19-9-17-11)5-15(2,3)6-14(12)18-10/h4,8-9,13,16H,5-7H2,1-3H3. The SMILES string of the molecule is Cc1cc2c(o1)CC(C)(C)CC2NCc1cscn1. The van der Waals surface area contributed by atoms with Gasteiger partial charge in [-0.3, -0.25) is 0 Å². The molecule has 2 heterocycles. The van der Waals surface area contributed by atoms with Gasteiger partial charge in [0.1, 0.15) is 11.5 Å². The summed E-state index contributed by atoms with van der Waals surface area (Å²) in [5, 5.41) is 5.73. The van der Waals surface area contributed by atoms with Crippen LogP contribution in [0.3, 0.4) is 0 Å². The molecule has 1 aliphatic rings. The molecule has 1 unspecified atom stereocenters. The van der Waals surface area contributed by atoms with E-state index in [9.17, 15) is 0 Å². The van der Waals surface area contributed by atoms with Crippen LogP contribution in [0.25, 0.3) is 0 Å². The molecule has 0 radical (unpaired) electrons. The van der Waals surface area contributed by atoms with E-state index in [4.69, 9.17) is 4.42 Å². The highest BCUT2D eigenvalue weighted by Gasteiger charge is 2.34. The van der Waals surface area contributed by atoms with Gasteiger partial charge in [0.25, 0.3) is 0 Å². The normalized spacial score (nSPS) is 21.3. The lowest BCUT2D eigenvalue weighted by atomic mass is 9.74. The van der Waals surface area contributed by atoms with Crippen LogP contribution in [-0.4, -0.2) is 4.98 Å². The van der Waals surface area contributed by atoms with Crippen LogP contribution in [0.1, 0.15) is 49.1 Å². The molecule has 1 N–H and O–H groups in total. The highest BCUT2D eigenvalue weighted by Crippen LogP contribution is 2.42. The van der Waals surface area contributed by atoms with E-state index in [1.807, 2.05) is 12.4 Å². The summed E-state index contributed by atoms with van der Waals surface area (Å²) in [6.45, 7) is 7.48. The Bertz CT molecular complexity index is 557. The van der Waals surface area contributed by atoms with Crippen molar-refractivity contribution in [2.45, 2.75) is 46.2 Å². The van der Waals surface area contributed by atoms with Gasteiger partial charge < -0.3 is 9.73 Å². The molecular formula is C15H20N2OS. The lowest BCUT2D eigenvalue weighted by molar-refractivity contribution is 0.233. The molecular weight excluding hydrogens is 256 g/mol. The molecule has 4 heteroatoms. The summed E-state index contributed by atoms with van der Waals surface area (Å²) in [6, 6.07) is 2.56. The van der Waals surface area contributed by atoms with Gasteiger partial charge in [-0.1, -0.05) is 13.8 Å². The molecule has 1 atom stereocenters. The molecule has 0 fully saturated rings. The number of nitrogens with one attached hydrogen (secondary N) is 1. The summed E-state index contributed by atoms with van der Waals surface area (Å²) in [6.07, 6.45) is 2.17. The number of thiazole rings is 1. The van der Waals surface area contributed by atoms with Crippen molar-refractivity contribution < 1.29 is 4.42 Å². The zero-order valence-electron chi connectivity index (χ0n) is 11.7. The van der Waals surface area contributed by atoms with Crippen LogP contribution in [0.5, 0.6) is 0 Å². The Morgan fingerprint density at radius 1 is 1.53 bits per heavy atom. The Kier molecular flexibility index (Phi) is 3.23. The van der Waals surface area contributed by atoms with Crippen LogP contribution < -0.4 is 5.32 Å². The van der Waals surface area contributed by atoms with Crippen LogP contribution in [0.4, 0.5) is 0 Å². The number of aryl methyl sites for hydroxylation is 1. The van der Waals surface area contributed by atoms with Crippen LogP contribution in [0.15, 0.2) is 21.4 Å². The van der Waals surface area contributed by atoms with Crippen LogP contribution >= 0.6 is 11.3 Å². The van der Waals surface area contributed by atoms with Crippen molar-refractivity contribution in [3.05, 3.63) is 39.7 Å². The third-order valence-corrected chi connectivity index (χ3v) is 4.38. The Labute approximate surface area is 118 Å². The van der Waals surface area contributed by atoms with E-state index in [0.717, 1.165) is 36.6 Å². The van der Waals surface area contributed by atoms with Gasteiger partial charge in [-0.15, -0.1) is 11.3 Å². The molecule has 3 rings (SSSR count). The molecule has 102 valence electrons. The average Bonchev–Trinajstić information content (AvgIpc) is 2.93. The van der Waals surface area contributed by atoms with Gasteiger partial charge in [-0.25, -0.2) is 4.98 Å². The van der Waals surface area contributed by atoms with Crippen molar-refractivity contribution in [2.75, 3.05) is 0 Å². The minimum Gasteiger partial charge on any atom is -0.466 e. The summed E-state index contributed by atoms with van der Waals surface area (Å²) in [5.74, 6) is 2.17. The number of rotatable bonds is 3. The molecule has 0 aliphatic heterocycles. The third-order valence-electron chi connectivity index (χ3n) is 3.75. The van der Waals surface area contributed by atoms with Gasteiger partial charge in [0, 0.05) is 30.0 Å². The van der Waals surface area contributed by atoms with E-state index in [1.54, 1.807) is 11.3 Å². The summed E-state index contributed by atoms with van der Waals surface area (Å²) in [4.78, 5) is 4.33. The Morgan fingerprint density at radius 2 is 2.37 bits per heavy atom. The Hall–Kier alpha value is -1.13. The zero-order chi connectivity index (χ0) is 13.5. The first-order chi connectivity index (χ1) is 9.03. The van der Waals surface area contributed by atoms with Gasteiger partial charge in [0.05, 0.1) is 11.2 Å². The second kappa shape index (κ2) is 4.76. The molecule has 1 aliphatic carbocycles. The number of hydrogen-bond acceptors (Lipinski definition) is 4. The van der Waals surface area contributed by atoms with Gasteiger partial charge in [-0.2, -0.15) is 0 Å². The Morgan fingerprint density at radius 3 is 3.11 bits per heavy atom. The van der Waals surface area contributed by atoms with Crippen molar-refractivity contribution in [1.29, 1.82) is 0 Å².